The molecule has 0 saturated carbocycles. The van der Waals surface area contributed by atoms with Crippen molar-refractivity contribution in [2.24, 2.45) is 0 Å². The minimum Gasteiger partial charge on any atom is -0.318 e. The maximum Gasteiger partial charge on any atom is 0.245 e. The lowest BCUT2D eigenvalue weighted by atomic mass is 10.3. The number of carbonyl (C=O) groups is 1. The quantitative estimate of drug-likeness (QED) is 0.388. The summed E-state index contributed by atoms with van der Waals surface area (Å²) in [5, 5.41) is 3.81. The van der Waals surface area contributed by atoms with Crippen molar-refractivity contribution >= 4 is 56.1 Å². The monoisotopic (exact) mass is 445 g/mol. The minimum absolute atomic E-state index is 0.134. The molecule has 6 nitrogen and oxygen atoms in total. The van der Waals surface area contributed by atoms with Crippen LogP contribution in [0.5, 0.6) is 0 Å². The number of thiazole rings is 1. The molecule has 3 heterocycles. The van der Waals surface area contributed by atoms with E-state index in [0.29, 0.717) is 5.82 Å². The molecule has 3 aromatic heterocycles. The van der Waals surface area contributed by atoms with Crippen LogP contribution in [0, 0.1) is 0 Å². The largest absolute Gasteiger partial charge is 0.318 e. The minimum atomic E-state index is -0.134. The third-order valence-corrected chi connectivity index (χ3v) is 6.51. The molecule has 0 fully saturated rings. The Hall–Kier alpha value is -3.23. The van der Waals surface area contributed by atoms with Crippen molar-refractivity contribution in [2.75, 3.05) is 11.6 Å². The van der Waals surface area contributed by atoms with Gasteiger partial charge < -0.3 is 9.88 Å². The summed E-state index contributed by atoms with van der Waals surface area (Å²) in [7, 11) is 0. The highest BCUT2D eigenvalue weighted by molar-refractivity contribution is 7.97. The lowest BCUT2D eigenvalue weighted by Crippen LogP contribution is -2.20. The van der Waals surface area contributed by atoms with Crippen molar-refractivity contribution in [3.05, 3.63) is 72.7 Å². The van der Waals surface area contributed by atoms with Crippen LogP contribution in [0.15, 0.2) is 66.9 Å². The van der Waals surface area contributed by atoms with Crippen LogP contribution >= 0.6 is 23.1 Å². The molecule has 0 atom stereocenters. The van der Waals surface area contributed by atoms with Crippen LogP contribution in [-0.2, 0) is 17.1 Å². The molecule has 154 valence electrons. The number of thioether (sulfide) groups is 1. The van der Waals surface area contributed by atoms with E-state index in [1.165, 1.54) is 0 Å². The number of rotatable bonds is 6. The van der Waals surface area contributed by atoms with Crippen LogP contribution in [0.2, 0.25) is 0 Å². The summed E-state index contributed by atoms with van der Waals surface area (Å²) >= 11 is 3.31. The molecule has 0 bridgehead atoms. The Bertz CT molecular complexity index is 1340. The molecule has 0 saturated heterocycles. The SMILES string of the molecule is CSCc1nc2ccccc2n1CC(=O)Nc1ccc(-c2nc3ccccc3s2)cn1. The second kappa shape index (κ2) is 8.49. The molecule has 0 unspecified atom stereocenters. The Labute approximate surface area is 187 Å². The topological polar surface area (TPSA) is 72.7 Å². The van der Waals surface area contributed by atoms with Crippen LogP contribution in [-0.4, -0.2) is 31.7 Å². The molecule has 0 aliphatic heterocycles. The molecular formula is C23H19N5OS2. The number of carbonyl (C=O) groups excluding carboxylic acids is 1. The van der Waals surface area contributed by atoms with Gasteiger partial charge in [-0.3, -0.25) is 4.79 Å². The number of benzene rings is 2. The van der Waals surface area contributed by atoms with Crippen molar-refractivity contribution in [1.82, 2.24) is 19.5 Å². The van der Waals surface area contributed by atoms with E-state index < -0.39 is 0 Å². The number of hydrogen-bond acceptors (Lipinski definition) is 6. The summed E-state index contributed by atoms with van der Waals surface area (Å²) in [4.78, 5) is 26.5. The number of imidazole rings is 1. The molecule has 1 amide bonds. The van der Waals surface area contributed by atoms with Crippen molar-refractivity contribution in [3.8, 4) is 10.6 Å². The van der Waals surface area contributed by atoms with Gasteiger partial charge in [-0.05, 0) is 42.7 Å². The molecule has 1 N–H and O–H groups in total. The van der Waals surface area contributed by atoms with Gasteiger partial charge in [0.05, 0.1) is 27.0 Å². The highest BCUT2D eigenvalue weighted by Crippen LogP contribution is 2.29. The van der Waals surface area contributed by atoms with E-state index in [2.05, 4.69) is 26.3 Å². The van der Waals surface area contributed by atoms with Gasteiger partial charge in [0.15, 0.2) is 0 Å². The van der Waals surface area contributed by atoms with Gasteiger partial charge in [0.1, 0.15) is 23.2 Å². The van der Waals surface area contributed by atoms with Gasteiger partial charge in [-0.2, -0.15) is 11.8 Å². The fraction of sp³-hybridized carbons (Fsp3) is 0.130. The van der Waals surface area contributed by atoms with E-state index in [-0.39, 0.29) is 12.5 Å². The first-order chi connectivity index (χ1) is 15.2. The van der Waals surface area contributed by atoms with Crippen LogP contribution in [0.25, 0.3) is 31.8 Å². The Morgan fingerprint density at radius 2 is 1.84 bits per heavy atom. The van der Waals surface area contributed by atoms with Crippen LogP contribution in [0.4, 0.5) is 5.82 Å². The summed E-state index contributed by atoms with van der Waals surface area (Å²) < 4.78 is 3.11. The predicted octanol–water partition coefficient (Wildman–Crippen LogP) is 5.21. The number of para-hydroxylation sites is 3. The molecule has 5 rings (SSSR count). The summed E-state index contributed by atoms with van der Waals surface area (Å²) in [6.45, 7) is 0.192. The predicted molar refractivity (Wildman–Crippen MR) is 128 cm³/mol. The average molecular weight is 446 g/mol. The van der Waals surface area contributed by atoms with Gasteiger partial charge in [0.2, 0.25) is 5.91 Å². The lowest BCUT2D eigenvalue weighted by Gasteiger charge is -2.09. The zero-order valence-corrected chi connectivity index (χ0v) is 18.4. The molecule has 0 spiro atoms. The number of fused-ring (bicyclic) bond motifs is 2. The zero-order chi connectivity index (χ0) is 21.2. The maximum absolute atomic E-state index is 12.7. The highest BCUT2D eigenvalue weighted by atomic mass is 32.2. The fourth-order valence-corrected chi connectivity index (χ4v) is 4.89. The third-order valence-electron chi connectivity index (χ3n) is 4.88. The third kappa shape index (κ3) is 4.04. The van der Waals surface area contributed by atoms with Crippen molar-refractivity contribution in [3.63, 3.8) is 0 Å². The summed E-state index contributed by atoms with van der Waals surface area (Å²) in [5.74, 6) is 2.02. The molecule has 31 heavy (non-hydrogen) atoms. The Morgan fingerprint density at radius 1 is 1.03 bits per heavy atom. The van der Waals surface area contributed by atoms with E-state index >= 15 is 0 Å². The Kier molecular flexibility index (Phi) is 5.40. The van der Waals surface area contributed by atoms with E-state index in [0.717, 1.165) is 43.4 Å². The number of anilines is 1. The number of amides is 1. The van der Waals surface area contributed by atoms with Gasteiger partial charge in [0.25, 0.3) is 0 Å². The van der Waals surface area contributed by atoms with Crippen molar-refractivity contribution in [1.29, 1.82) is 0 Å². The maximum atomic E-state index is 12.7. The highest BCUT2D eigenvalue weighted by Gasteiger charge is 2.14. The van der Waals surface area contributed by atoms with E-state index in [4.69, 9.17) is 0 Å². The van der Waals surface area contributed by atoms with E-state index in [1.807, 2.05) is 65.4 Å². The van der Waals surface area contributed by atoms with E-state index in [1.54, 1.807) is 29.3 Å². The number of nitrogens with zero attached hydrogens (tertiary/aromatic N) is 4. The Balaban J connectivity index is 1.33. The van der Waals surface area contributed by atoms with Crippen LogP contribution in [0.3, 0.4) is 0 Å². The molecule has 0 aliphatic rings. The molecule has 2 aromatic carbocycles. The van der Waals surface area contributed by atoms with Gasteiger partial charge in [0, 0.05) is 11.8 Å². The van der Waals surface area contributed by atoms with Crippen LogP contribution < -0.4 is 5.32 Å². The molecular weight excluding hydrogens is 426 g/mol. The smallest absolute Gasteiger partial charge is 0.245 e. The standard InChI is InChI=1S/C23H19N5OS2/c1-30-14-21-25-16-6-2-4-8-18(16)28(21)13-22(29)27-20-11-10-15(12-24-20)23-26-17-7-3-5-9-19(17)31-23/h2-12H,13-14H2,1H3,(H,24,27,29). The summed E-state index contributed by atoms with van der Waals surface area (Å²) in [6, 6.07) is 19.7. The van der Waals surface area contributed by atoms with Gasteiger partial charge >= 0.3 is 0 Å². The first kappa shape index (κ1) is 19.7. The molecule has 0 aliphatic carbocycles. The summed E-state index contributed by atoms with van der Waals surface area (Å²) in [6.07, 6.45) is 3.78. The first-order valence-electron chi connectivity index (χ1n) is 9.76. The second-order valence-electron chi connectivity index (χ2n) is 7.00. The van der Waals surface area contributed by atoms with Crippen LogP contribution in [0.1, 0.15) is 5.82 Å². The molecule has 0 radical (unpaired) electrons. The lowest BCUT2D eigenvalue weighted by molar-refractivity contribution is -0.116. The normalized spacial score (nSPS) is 11.3. The van der Waals surface area contributed by atoms with Gasteiger partial charge in [-0.15, -0.1) is 11.3 Å². The summed E-state index contributed by atoms with van der Waals surface area (Å²) in [5.41, 5.74) is 3.77. The molecule has 8 heteroatoms. The number of nitrogens with one attached hydrogen (secondary N) is 1. The number of hydrogen-bond donors (Lipinski definition) is 1. The number of pyridine rings is 1. The first-order valence-corrected chi connectivity index (χ1v) is 12.0. The fourth-order valence-electron chi connectivity index (χ4n) is 3.46. The Morgan fingerprint density at radius 3 is 2.61 bits per heavy atom. The van der Waals surface area contributed by atoms with Gasteiger partial charge in [-0.25, -0.2) is 15.0 Å². The second-order valence-corrected chi connectivity index (χ2v) is 8.90. The van der Waals surface area contributed by atoms with E-state index in [9.17, 15) is 4.79 Å². The average Bonchev–Trinajstić information content (AvgIpc) is 3.36. The zero-order valence-electron chi connectivity index (χ0n) is 16.8. The van der Waals surface area contributed by atoms with Crippen molar-refractivity contribution < 1.29 is 4.79 Å². The van der Waals surface area contributed by atoms with Gasteiger partial charge in [-0.1, -0.05) is 24.3 Å². The molecule has 5 aromatic rings. The van der Waals surface area contributed by atoms with Crippen molar-refractivity contribution in [2.45, 2.75) is 12.3 Å². The number of aromatic nitrogens is 4.